The molecule has 0 aliphatic rings. The highest BCUT2D eigenvalue weighted by Gasteiger charge is 2.24. The second-order valence-corrected chi connectivity index (χ2v) is 29.3. The zero-order chi connectivity index (χ0) is 73.9. The molecule has 5 aromatic carbocycles. The Labute approximate surface area is 616 Å². The van der Waals surface area contributed by atoms with Gasteiger partial charge in [-0.1, -0.05) is 146 Å². The Morgan fingerprint density at radius 2 is 0.644 bits per heavy atom. The first-order valence-electron chi connectivity index (χ1n) is 36.7. The van der Waals surface area contributed by atoms with Gasteiger partial charge in [0.1, 0.15) is 35.2 Å². The van der Waals surface area contributed by atoms with Crippen molar-refractivity contribution in [1.82, 2.24) is 24.9 Å². The molecule has 0 fully saturated rings. The maximum Gasteiger partial charge on any atom is 0.222 e. The molecule has 0 amide bonds. The molecule has 104 heavy (non-hydrogen) atoms. The lowest BCUT2D eigenvalue weighted by atomic mass is 9.98. The number of hydrogen-bond acceptors (Lipinski definition) is 5. The lowest BCUT2D eigenvalue weighted by Gasteiger charge is -2.10. The first-order valence-corrected chi connectivity index (χ1v) is 36.7. The average Bonchev–Trinajstić information content (AvgIpc) is 0.767. The Hall–Kier alpha value is -11.1. The van der Waals surface area contributed by atoms with Crippen molar-refractivity contribution in [1.29, 1.82) is 0 Å². The number of rotatable bonds is 11. The fourth-order valence-electron chi connectivity index (χ4n) is 13.9. The van der Waals surface area contributed by atoms with Crippen molar-refractivity contribution < 1.29 is 22.8 Å². The number of nitrogens with zero attached hydrogens (tertiary/aromatic N) is 10. The van der Waals surface area contributed by atoms with Crippen LogP contribution in [-0.2, 0) is 48.1 Å². The number of pyridine rings is 10. The Bertz CT molecular complexity index is 5550. The predicted octanol–water partition coefficient (Wildman–Crippen LogP) is 19.8. The Morgan fingerprint density at radius 1 is 0.298 bits per heavy atom. The van der Waals surface area contributed by atoms with E-state index in [1.807, 2.05) is 24.7 Å². The lowest BCUT2D eigenvalue weighted by Crippen LogP contribution is -2.30. The van der Waals surface area contributed by atoms with E-state index in [9.17, 15) is 0 Å². The van der Waals surface area contributed by atoms with Crippen molar-refractivity contribution in [2.75, 3.05) is 0 Å². The third-order valence-corrected chi connectivity index (χ3v) is 19.5. The maximum atomic E-state index is 4.86. The summed E-state index contributed by atoms with van der Waals surface area (Å²) >= 11 is 0. The molecule has 10 heteroatoms. The molecule has 10 aromatic heterocycles. The molecule has 10 heterocycles. The van der Waals surface area contributed by atoms with Crippen LogP contribution >= 0.6 is 0 Å². The van der Waals surface area contributed by atoms with Gasteiger partial charge in [-0.2, -0.15) is 0 Å². The normalized spacial score (nSPS) is 11.2. The van der Waals surface area contributed by atoms with Gasteiger partial charge in [-0.3, -0.25) is 24.9 Å². The summed E-state index contributed by atoms with van der Waals surface area (Å²) in [6.45, 7) is 28.5. The molecule has 0 bridgehead atoms. The molecule has 0 radical (unpaired) electrons. The van der Waals surface area contributed by atoms with E-state index in [1.54, 1.807) is 0 Å². The number of hydrogen-bond donors (Lipinski definition) is 0. The highest BCUT2D eigenvalue weighted by atomic mass is 15.0. The zero-order valence-corrected chi connectivity index (χ0v) is 64.4. The number of aromatic nitrogens is 10. The van der Waals surface area contributed by atoms with E-state index in [4.69, 9.17) is 9.97 Å². The maximum absolute atomic E-state index is 4.86. The van der Waals surface area contributed by atoms with E-state index in [1.165, 1.54) is 128 Å². The third-order valence-electron chi connectivity index (χ3n) is 19.5. The van der Waals surface area contributed by atoms with Crippen LogP contribution in [0.25, 0.3) is 111 Å². The third kappa shape index (κ3) is 17.0. The minimum Gasteiger partial charge on any atom is -0.256 e. The van der Waals surface area contributed by atoms with Crippen LogP contribution in [0.1, 0.15) is 118 Å². The number of aryl methyl sites for hydroxylation is 10. The van der Waals surface area contributed by atoms with Gasteiger partial charge in [0.25, 0.3) is 0 Å². The predicted molar refractivity (Wildman–Crippen MR) is 431 cm³/mol. The SMILES string of the molecule is Cc1ccccc1-c1c2cc(C(C)C)cnc2cc[n+]1C.Cc1ccccc1-c1c2cc(CC(C)C)cnc2cc[n+]1C.Cc1ccccc1-c1c2ccc(C(C)C)nc2cc[n+]1C.Cc1ccccc1-c1c2ccc(CC(C)C)nc2cc[n+]1C.Cc1ccccc1-c1c2cccnc2cc[n+]1C. The molecule has 524 valence electrons. The molecule has 0 unspecified atom stereocenters. The molecule has 0 aliphatic heterocycles. The Kier molecular flexibility index (Phi) is 23.8. The smallest absolute Gasteiger partial charge is 0.222 e. The first kappa shape index (κ1) is 74.1. The van der Waals surface area contributed by atoms with Crippen LogP contribution in [-0.4, -0.2) is 24.9 Å². The van der Waals surface area contributed by atoms with Gasteiger partial charge >= 0.3 is 0 Å². The molecule has 15 aromatic rings. The summed E-state index contributed by atoms with van der Waals surface area (Å²) in [5, 5.41) is 6.07. The van der Waals surface area contributed by atoms with Crippen molar-refractivity contribution in [2.24, 2.45) is 47.1 Å². The van der Waals surface area contributed by atoms with Crippen LogP contribution in [0, 0.1) is 46.5 Å². The summed E-state index contributed by atoms with van der Waals surface area (Å²) in [7, 11) is 10.5. The van der Waals surface area contributed by atoms with E-state index in [0.29, 0.717) is 23.7 Å². The second kappa shape index (κ2) is 33.3. The molecule has 0 N–H and O–H groups in total. The van der Waals surface area contributed by atoms with Gasteiger partial charge in [-0.05, 0) is 189 Å². The average molecular weight is 1370 g/mol. The minimum absolute atomic E-state index is 0.449. The molecular weight excluding hydrogens is 1270 g/mol. The molecule has 0 spiro atoms. The molecule has 0 aliphatic carbocycles. The van der Waals surface area contributed by atoms with Gasteiger partial charge in [0.05, 0.1) is 54.5 Å². The van der Waals surface area contributed by atoms with Crippen LogP contribution in [0.2, 0.25) is 0 Å². The highest BCUT2D eigenvalue weighted by molar-refractivity contribution is 5.95. The van der Waals surface area contributed by atoms with E-state index in [-0.39, 0.29) is 0 Å². The summed E-state index contributed by atoms with van der Waals surface area (Å²) in [4.78, 5) is 23.4. The van der Waals surface area contributed by atoms with Crippen molar-refractivity contribution in [2.45, 2.75) is 115 Å². The fraction of sp³-hybridized carbons (Fsp3) is 0.255. The van der Waals surface area contributed by atoms with Crippen LogP contribution in [0.15, 0.2) is 250 Å². The zero-order valence-electron chi connectivity index (χ0n) is 64.4. The molecule has 0 saturated heterocycles. The van der Waals surface area contributed by atoms with Crippen LogP contribution < -0.4 is 22.8 Å². The van der Waals surface area contributed by atoms with Gasteiger partial charge in [-0.15, -0.1) is 0 Å². The number of benzene rings is 5. The minimum atomic E-state index is 0.449. The van der Waals surface area contributed by atoms with E-state index in [2.05, 4.69) is 388 Å². The Balaban J connectivity index is 0.000000130. The molecular formula is C94H103N10+5. The standard InChI is InChI=1S/2C20H23N2.2C19H21N2.C16H15N2/c1-14(2)11-16-12-18-19(21-13-16)9-10-22(4)20(18)17-8-6-5-7-15(17)3;1-14(2)13-16-9-10-18-19(21-16)11-12-22(4)20(18)17-8-6-5-7-15(17)3;1-13(2)15-11-17-18(20-12-15)9-10-21(4)19(17)16-8-6-5-7-14(16)3;1-13(2)17-10-9-16-18(20-17)11-12-21(4)19(16)15-8-6-5-7-14(15)3;1-12-6-3-4-7-13(12)16-14-8-5-10-17-15(14)9-11-18(16)2/h5-10,12-14H,11H2,1-4H3;5-12,14H,13H2,1-4H3;2*5-13H,1-4H3;3-11H,1-2H3/q5*+1. The van der Waals surface area contributed by atoms with Crippen molar-refractivity contribution in [3.8, 4) is 56.3 Å². The summed E-state index contributed by atoms with van der Waals surface area (Å²) in [5.41, 5.74) is 29.2. The highest BCUT2D eigenvalue weighted by Crippen LogP contribution is 2.34. The van der Waals surface area contributed by atoms with Crippen LogP contribution in [0.3, 0.4) is 0 Å². The summed E-state index contributed by atoms with van der Waals surface area (Å²) < 4.78 is 10.9. The van der Waals surface area contributed by atoms with Gasteiger partial charge in [0.15, 0.2) is 31.0 Å². The Morgan fingerprint density at radius 3 is 1.04 bits per heavy atom. The second-order valence-electron chi connectivity index (χ2n) is 29.3. The van der Waals surface area contributed by atoms with Gasteiger partial charge in [0, 0.05) is 88.1 Å². The monoisotopic (exact) mass is 1370 g/mol. The van der Waals surface area contributed by atoms with Crippen molar-refractivity contribution in [3.63, 3.8) is 0 Å². The number of fused-ring (bicyclic) bond motifs is 5. The molecule has 0 saturated carbocycles. The van der Waals surface area contributed by atoms with Gasteiger partial charge in [-0.25, -0.2) is 22.8 Å². The summed E-state index contributed by atoms with van der Waals surface area (Å²) in [6, 6.07) is 70.5. The lowest BCUT2D eigenvalue weighted by molar-refractivity contribution is -0.659. The van der Waals surface area contributed by atoms with Crippen LogP contribution in [0.5, 0.6) is 0 Å². The quantitative estimate of drug-likeness (QED) is 0.121. The largest absolute Gasteiger partial charge is 0.256 e. The van der Waals surface area contributed by atoms with Crippen LogP contribution in [0.4, 0.5) is 0 Å². The fourth-order valence-corrected chi connectivity index (χ4v) is 13.9. The van der Waals surface area contributed by atoms with E-state index in [0.717, 1.165) is 46.1 Å². The topological polar surface area (TPSA) is 83.8 Å². The van der Waals surface area contributed by atoms with Crippen molar-refractivity contribution >= 4 is 54.5 Å². The summed E-state index contributed by atoms with van der Waals surface area (Å²) in [6.07, 6.45) is 18.4. The van der Waals surface area contributed by atoms with Gasteiger partial charge in [0.2, 0.25) is 28.5 Å². The molecule has 15 rings (SSSR count). The first-order chi connectivity index (χ1) is 50.0. The van der Waals surface area contributed by atoms with E-state index < -0.39 is 0 Å². The summed E-state index contributed by atoms with van der Waals surface area (Å²) in [5.74, 6) is 2.20. The van der Waals surface area contributed by atoms with Crippen molar-refractivity contribution in [3.05, 3.63) is 300 Å². The molecule has 10 nitrogen and oxygen atoms in total. The van der Waals surface area contributed by atoms with E-state index >= 15 is 0 Å². The molecule has 0 atom stereocenters. The van der Waals surface area contributed by atoms with Gasteiger partial charge < -0.3 is 0 Å².